The fourth-order valence-electron chi connectivity index (χ4n) is 9.50. The maximum absolute atomic E-state index is 6.52. The van der Waals surface area contributed by atoms with E-state index in [0.29, 0.717) is 0 Å². The number of benzene rings is 8. The molecule has 10 rings (SSSR count). The van der Waals surface area contributed by atoms with Crippen LogP contribution in [0.5, 0.6) is 0 Å². The molecular weight excluding hydrogens is 1040 g/mol. The van der Waals surface area contributed by atoms with Crippen molar-refractivity contribution in [3.63, 3.8) is 0 Å². The summed E-state index contributed by atoms with van der Waals surface area (Å²) in [6.07, 6.45) is 1.93. The Kier molecular flexibility index (Phi) is 12.7. The second-order valence-electron chi connectivity index (χ2n) is 21.2. The summed E-state index contributed by atoms with van der Waals surface area (Å²) in [5, 5.41) is 1.10. The Hall–Kier alpha value is -6.45. The molecule has 0 aliphatic heterocycles. The van der Waals surface area contributed by atoms with E-state index < -0.39 is 0 Å². The molecular formula is C64H57N3PtS. The van der Waals surface area contributed by atoms with E-state index in [-0.39, 0.29) is 37.3 Å². The first-order valence-electron chi connectivity index (χ1n) is 23.7. The summed E-state index contributed by atoms with van der Waals surface area (Å²) < 4.78 is 2.37. The molecule has 0 aliphatic carbocycles. The molecule has 0 unspecified atom stereocenters. The van der Waals surface area contributed by atoms with Gasteiger partial charge in [-0.25, -0.2) is 0 Å². The van der Waals surface area contributed by atoms with Crippen LogP contribution in [0.1, 0.15) is 79.0 Å². The van der Waals surface area contributed by atoms with Crippen LogP contribution in [0, 0.1) is 6.07 Å². The van der Waals surface area contributed by atoms with Gasteiger partial charge in [0.05, 0.1) is 16.9 Å². The maximum Gasteiger partial charge on any atom is 2.00 e. The fourth-order valence-corrected chi connectivity index (χ4v) is 10.0. The van der Waals surface area contributed by atoms with Gasteiger partial charge in [0.1, 0.15) is 0 Å². The average Bonchev–Trinajstić information content (AvgIpc) is 3.73. The van der Waals surface area contributed by atoms with Gasteiger partial charge in [-0.2, -0.15) is 4.90 Å². The third-order valence-electron chi connectivity index (χ3n) is 13.3. The van der Waals surface area contributed by atoms with Crippen molar-refractivity contribution in [2.24, 2.45) is 0 Å². The smallest absolute Gasteiger partial charge is 0.779 e. The van der Waals surface area contributed by atoms with Crippen molar-refractivity contribution in [2.75, 3.05) is 0 Å². The van der Waals surface area contributed by atoms with E-state index >= 15 is 0 Å². The van der Waals surface area contributed by atoms with Crippen molar-refractivity contribution in [2.45, 2.75) is 83.5 Å². The maximum atomic E-state index is 6.52. The van der Waals surface area contributed by atoms with Gasteiger partial charge >= 0.3 is 21.1 Å². The average molecular weight is 1100 g/mol. The first-order chi connectivity index (χ1) is 32.5. The van der Waals surface area contributed by atoms with Gasteiger partial charge in [0.25, 0.3) is 0 Å². The van der Waals surface area contributed by atoms with Crippen molar-refractivity contribution in [1.29, 1.82) is 0 Å². The molecule has 10 aromatic rings. The molecule has 69 heavy (non-hydrogen) atoms. The molecule has 2 aromatic heterocycles. The van der Waals surface area contributed by atoms with Gasteiger partial charge in [-0.15, -0.1) is 29.3 Å². The first kappa shape index (κ1) is 47.6. The predicted octanol–water partition coefficient (Wildman–Crippen LogP) is 17.2. The third-order valence-corrected chi connectivity index (χ3v) is 13.7. The number of imidazole rings is 1. The zero-order valence-corrected chi connectivity index (χ0v) is 44.0. The molecule has 0 saturated heterocycles. The molecule has 0 bridgehead atoms. The van der Waals surface area contributed by atoms with Crippen molar-refractivity contribution in [3.8, 4) is 72.7 Å². The second-order valence-corrected chi connectivity index (χ2v) is 21.6. The van der Waals surface area contributed by atoms with Crippen LogP contribution in [-0.2, 0) is 49.9 Å². The summed E-state index contributed by atoms with van der Waals surface area (Å²) in [6, 6.07) is 67.3. The van der Waals surface area contributed by atoms with Crippen LogP contribution in [0.2, 0.25) is 0 Å². The van der Waals surface area contributed by atoms with Gasteiger partial charge in [-0.3, -0.25) is 9.97 Å². The zero-order valence-electron chi connectivity index (χ0n) is 40.9. The molecule has 0 amide bonds. The molecule has 5 heteroatoms. The molecule has 0 radical (unpaired) electrons. The van der Waals surface area contributed by atoms with Gasteiger partial charge in [0.2, 0.25) is 0 Å². The summed E-state index contributed by atoms with van der Waals surface area (Å²) in [5.74, 6) is 0.805. The summed E-state index contributed by atoms with van der Waals surface area (Å²) in [5.41, 5.74) is 18.7. The molecule has 0 saturated carbocycles. The number of hydrogen-bond donors (Lipinski definition) is 0. The van der Waals surface area contributed by atoms with Crippen molar-refractivity contribution < 1.29 is 21.1 Å². The van der Waals surface area contributed by atoms with Crippen LogP contribution in [-0.4, -0.2) is 14.5 Å². The topological polar surface area (TPSA) is 30.7 Å². The summed E-state index contributed by atoms with van der Waals surface area (Å²) in [4.78, 5) is 11.7. The Morgan fingerprint density at radius 2 is 1.04 bits per heavy atom. The van der Waals surface area contributed by atoms with Gasteiger partial charge in [-0.1, -0.05) is 212 Å². The van der Waals surface area contributed by atoms with Gasteiger partial charge in [0.15, 0.2) is 0 Å². The Labute approximate surface area is 428 Å². The van der Waals surface area contributed by atoms with Crippen LogP contribution in [0.25, 0.3) is 94.6 Å². The molecule has 0 aliphatic rings. The number of pyridine rings is 1. The van der Waals surface area contributed by atoms with Crippen molar-refractivity contribution in [3.05, 3.63) is 205 Å². The molecule has 8 aromatic carbocycles. The van der Waals surface area contributed by atoms with Gasteiger partial charge in [0, 0.05) is 33.9 Å². The van der Waals surface area contributed by atoms with Crippen molar-refractivity contribution >= 4 is 34.6 Å². The van der Waals surface area contributed by atoms with E-state index in [9.17, 15) is 0 Å². The quantitative estimate of drug-likeness (QED) is 0.118. The monoisotopic (exact) mass is 1090 g/mol. The number of fused-ring (bicyclic) bond motifs is 2. The summed E-state index contributed by atoms with van der Waals surface area (Å²) in [7, 11) is 0. The van der Waals surface area contributed by atoms with Crippen LogP contribution >= 0.6 is 0 Å². The van der Waals surface area contributed by atoms with Crippen LogP contribution in [0.3, 0.4) is 0 Å². The van der Waals surface area contributed by atoms with E-state index in [0.717, 1.165) is 105 Å². The minimum absolute atomic E-state index is 0. The molecule has 344 valence electrons. The number of rotatable bonds is 7. The van der Waals surface area contributed by atoms with E-state index in [1.807, 2.05) is 6.20 Å². The predicted molar refractivity (Wildman–Crippen MR) is 290 cm³/mol. The van der Waals surface area contributed by atoms with E-state index in [4.69, 9.17) is 22.6 Å². The Balaban J connectivity index is 0.00000593. The molecule has 0 atom stereocenters. The van der Waals surface area contributed by atoms with Gasteiger partial charge < -0.3 is 17.2 Å². The molecule has 3 nitrogen and oxygen atoms in total. The van der Waals surface area contributed by atoms with Crippen LogP contribution in [0.15, 0.2) is 187 Å². The van der Waals surface area contributed by atoms with Crippen LogP contribution in [0.4, 0.5) is 0 Å². The minimum Gasteiger partial charge on any atom is -0.779 e. The minimum atomic E-state index is -0.199. The standard InChI is InChI=1S/C64H58N3S.Pt/c1-62(2,3)47-31-32-56(53(40-47)43-25-17-12-18-26-43)67-57-30-20-29-52(54-38-44(41-21-13-10-14-22-41)39-55(60(54)68)64(7,8)9)59(57)66-61(67)46-35-45(36-48(37-46)63(4,5)6)50-27-19-28-51-49(33-34-65-58(50)51)42-23-15-11-16-24-42;/h10-34,36-40,68H,1-9H3;/q-1;+2/p-1. The largest absolute Gasteiger partial charge is 2.00 e. The number of hydrogen-bond acceptors (Lipinski definition) is 3. The van der Waals surface area contributed by atoms with E-state index in [1.54, 1.807) is 0 Å². The number of para-hydroxylation sites is 2. The van der Waals surface area contributed by atoms with E-state index in [1.165, 1.54) is 11.1 Å². The number of nitrogens with zero attached hydrogens (tertiary/aromatic N) is 3. The Morgan fingerprint density at radius 3 is 1.68 bits per heavy atom. The summed E-state index contributed by atoms with van der Waals surface area (Å²) >= 11 is 6.52. The SMILES string of the molecule is CC(C)(C)c1cc(-c2cccc3c(-c4ccccc4)ccnc23)[c-]c(-c2nc3c(-c4cc(-c5ccccc5)cc(C(C)(C)C)c4[S-])cccc3n2-c2ccc(C(C)(C)C)cc2-c2ccccc2)c1.[Pt+2]. The molecule has 0 N–H and O–H groups in total. The van der Waals surface area contributed by atoms with Crippen molar-refractivity contribution in [1.82, 2.24) is 14.5 Å². The zero-order chi connectivity index (χ0) is 47.5. The molecule has 2 heterocycles. The summed E-state index contributed by atoms with van der Waals surface area (Å²) in [6.45, 7) is 20.4. The van der Waals surface area contributed by atoms with Crippen LogP contribution < -0.4 is 0 Å². The van der Waals surface area contributed by atoms with E-state index in [2.05, 4.69) is 249 Å². The number of aromatic nitrogens is 3. The fraction of sp³-hybridized carbons (Fsp3) is 0.188. The normalized spacial score (nSPS) is 12.1. The Morgan fingerprint density at radius 1 is 0.449 bits per heavy atom. The third kappa shape index (κ3) is 9.14. The van der Waals surface area contributed by atoms with Gasteiger partial charge in [-0.05, 0) is 85.5 Å². The molecule has 0 spiro atoms. The molecule has 0 fully saturated rings. The Bertz CT molecular complexity index is 3500. The second kappa shape index (κ2) is 18.5. The first-order valence-corrected chi connectivity index (χ1v) is 24.1.